The zero-order valence-electron chi connectivity index (χ0n) is 13.8. The lowest BCUT2D eigenvalue weighted by atomic mass is 10.1. The van der Waals surface area contributed by atoms with Crippen molar-refractivity contribution >= 4 is 40.5 Å². The summed E-state index contributed by atoms with van der Waals surface area (Å²) in [5, 5.41) is 16.1. The first-order valence-corrected chi connectivity index (χ1v) is 8.79. The Hall–Kier alpha value is -2.90. The quantitative estimate of drug-likeness (QED) is 0.483. The third-order valence-electron chi connectivity index (χ3n) is 4.41. The van der Waals surface area contributed by atoms with Gasteiger partial charge >= 0.3 is 0 Å². The topological polar surface area (TPSA) is 81.3 Å². The van der Waals surface area contributed by atoms with Gasteiger partial charge in [0.25, 0.3) is 11.6 Å². The first-order valence-electron chi connectivity index (χ1n) is 8.03. The molecule has 3 aromatic rings. The number of aromatic nitrogens is 2. The highest BCUT2D eigenvalue weighted by Crippen LogP contribution is 2.33. The molecular formula is C18H12Cl2N4O3. The largest absolute Gasteiger partial charge is 0.307 e. The Morgan fingerprint density at radius 1 is 1.15 bits per heavy atom. The molecule has 1 aliphatic heterocycles. The van der Waals surface area contributed by atoms with Crippen molar-refractivity contribution in [2.45, 2.75) is 6.42 Å². The Morgan fingerprint density at radius 2 is 1.96 bits per heavy atom. The van der Waals surface area contributed by atoms with Crippen molar-refractivity contribution in [3.8, 4) is 5.69 Å². The fraction of sp³-hybridized carbons (Fsp3) is 0.111. The molecule has 7 nitrogen and oxygen atoms in total. The molecule has 2 heterocycles. The molecule has 27 heavy (non-hydrogen) atoms. The average molecular weight is 403 g/mol. The van der Waals surface area contributed by atoms with Crippen LogP contribution in [0.2, 0.25) is 10.0 Å². The molecule has 0 bridgehead atoms. The molecule has 4 rings (SSSR count). The van der Waals surface area contributed by atoms with Crippen molar-refractivity contribution in [2.24, 2.45) is 0 Å². The van der Waals surface area contributed by atoms with Gasteiger partial charge in [-0.15, -0.1) is 0 Å². The summed E-state index contributed by atoms with van der Waals surface area (Å²) in [5.74, 6) is -0.273. The highest BCUT2D eigenvalue weighted by Gasteiger charge is 2.28. The van der Waals surface area contributed by atoms with Crippen molar-refractivity contribution in [1.82, 2.24) is 9.78 Å². The van der Waals surface area contributed by atoms with Gasteiger partial charge < -0.3 is 4.90 Å². The van der Waals surface area contributed by atoms with E-state index in [2.05, 4.69) is 5.10 Å². The summed E-state index contributed by atoms with van der Waals surface area (Å²) in [6, 6.07) is 9.56. The van der Waals surface area contributed by atoms with Crippen LogP contribution in [0.3, 0.4) is 0 Å². The van der Waals surface area contributed by atoms with E-state index in [-0.39, 0.29) is 11.6 Å². The highest BCUT2D eigenvalue weighted by molar-refractivity contribution is 6.35. The summed E-state index contributed by atoms with van der Waals surface area (Å²) in [4.78, 5) is 25.0. The van der Waals surface area contributed by atoms with Crippen LogP contribution in [0.1, 0.15) is 15.9 Å². The highest BCUT2D eigenvalue weighted by atomic mass is 35.5. The van der Waals surface area contributed by atoms with Crippen molar-refractivity contribution < 1.29 is 9.72 Å². The lowest BCUT2D eigenvalue weighted by molar-refractivity contribution is -0.384. The van der Waals surface area contributed by atoms with Gasteiger partial charge in [-0.3, -0.25) is 14.9 Å². The molecule has 2 aromatic carbocycles. The average Bonchev–Trinajstić information content (AvgIpc) is 3.27. The summed E-state index contributed by atoms with van der Waals surface area (Å²) in [6.45, 7) is 0.461. The van der Waals surface area contributed by atoms with Gasteiger partial charge in [0.15, 0.2) is 0 Å². The van der Waals surface area contributed by atoms with Gasteiger partial charge in [0.2, 0.25) is 0 Å². The molecule has 1 aliphatic rings. The van der Waals surface area contributed by atoms with E-state index in [1.165, 1.54) is 27.9 Å². The molecule has 0 spiro atoms. The van der Waals surface area contributed by atoms with Crippen LogP contribution >= 0.6 is 23.2 Å². The third kappa shape index (κ3) is 3.15. The molecule has 1 amide bonds. The fourth-order valence-electron chi connectivity index (χ4n) is 3.08. The molecule has 0 atom stereocenters. The molecule has 0 aliphatic carbocycles. The predicted molar refractivity (Wildman–Crippen MR) is 102 cm³/mol. The number of fused-ring (bicyclic) bond motifs is 1. The van der Waals surface area contributed by atoms with Gasteiger partial charge in [0.05, 0.1) is 33.1 Å². The minimum Gasteiger partial charge on any atom is -0.307 e. The Kier molecular flexibility index (Phi) is 4.33. The second kappa shape index (κ2) is 6.68. The molecule has 0 saturated carbocycles. The molecule has 1 aromatic heterocycles. The van der Waals surface area contributed by atoms with Gasteiger partial charge in [-0.1, -0.05) is 29.3 Å². The van der Waals surface area contributed by atoms with Crippen LogP contribution in [0.25, 0.3) is 5.69 Å². The molecule has 0 N–H and O–H groups in total. The van der Waals surface area contributed by atoms with Gasteiger partial charge in [0.1, 0.15) is 0 Å². The van der Waals surface area contributed by atoms with E-state index in [1.54, 1.807) is 30.5 Å². The van der Waals surface area contributed by atoms with E-state index in [1.807, 2.05) is 0 Å². The number of hydrogen-bond acceptors (Lipinski definition) is 4. The van der Waals surface area contributed by atoms with E-state index < -0.39 is 4.92 Å². The van der Waals surface area contributed by atoms with E-state index in [0.29, 0.717) is 39.9 Å². The molecule has 0 unspecified atom stereocenters. The molecule has 0 radical (unpaired) electrons. The van der Waals surface area contributed by atoms with Crippen LogP contribution in [0, 0.1) is 10.1 Å². The number of carbonyl (C=O) groups is 1. The lowest BCUT2D eigenvalue weighted by Gasteiger charge is -2.16. The second-order valence-corrected chi connectivity index (χ2v) is 6.89. The van der Waals surface area contributed by atoms with Crippen molar-refractivity contribution in [3.05, 3.63) is 80.1 Å². The number of halogens is 2. The van der Waals surface area contributed by atoms with Crippen LogP contribution < -0.4 is 4.90 Å². The number of carbonyl (C=O) groups excluding carboxylic acids is 1. The summed E-state index contributed by atoms with van der Waals surface area (Å²) in [7, 11) is 0. The fourth-order valence-corrected chi connectivity index (χ4v) is 3.58. The van der Waals surface area contributed by atoms with Crippen molar-refractivity contribution in [3.63, 3.8) is 0 Å². The minimum atomic E-state index is -0.470. The number of non-ortho nitro benzene ring substituents is 1. The van der Waals surface area contributed by atoms with Crippen LogP contribution in [0.15, 0.2) is 48.8 Å². The summed E-state index contributed by atoms with van der Waals surface area (Å²) >= 11 is 12.1. The van der Waals surface area contributed by atoms with E-state index in [9.17, 15) is 14.9 Å². The predicted octanol–water partition coefficient (Wildman–Crippen LogP) is 4.29. The molecule has 0 fully saturated rings. The first kappa shape index (κ1) is 17.5. The Labute approximate surface area is 163 Å². The first-order chi connectivity index (χ1) is 12.9. The van der Waals surface area contributed by atoms with Gasteiger partial charge in [0, 0.05) is 29.9 Å². The SMILES string of the molecule is O=C(c1cnn(-c2ccc(Cl)cc2Cl)c1)N1CCc2ccc([N+](=O)[O-])cc21. The number of nitrogens with zero attached hydrogens (tertiary/aromatic N) is 4. The second-order valence-electron chi connectivity index (χ2n) is 6.05. The van der Waals surface area contributed by atoms with Crippen LogP contribution in [-0.2, 0) is 6.42 Å². The number of nitro benzene ring substituents is 1. The molecular weight excluding hydrogens is 391 g/mol. The van der Waals surface area contributed by atoms with Gasteiger partial charge in [-0.25, -0.2) is 4.68 Å². The Bertz CT molecular complexity index is 1080. The number of benzene rings is 2. The van der Waals surface area contributed by atoms with E-state index in [0.717, 1.165) is 5.56 Å². The number of amides is 1. The molecule has 136 valence electrons. The summed E-state index contributed by atoms with van der Waals surface area (Å²) < 4.78 is 1.50. The summed E-state index contributed by atoms with van der Waals surface area (Å²) in [6.07, 6.45) is 3.67. The molecule has 0 saturated heterocycles. The number of anilines is 1. The Morgan fingerprint density at radius 3 is 2.70 bits per heavy atom. The molecule has 9 heteroatoms. The maximum absolute atomic E-state index is 12.9. The van der Waals surface area contributed by atoms with Crippen LogP contribution in [0.4, 0.5) is 11.4 Å². The van der Waals surface area contributed by atoms with Gasteiger partial charge in [-0.2, -0.15) is 5.10 Å². The van der Waals surface area contributed by atoms with E-state index in [4.69, 9.17) is 23.2 Å². The zero-order chi connectivity index (χ0) is 19.1. The lowest BCUT2D eigenvalue weighted by Crippen LogP contribution is -2.28. The standard InChI is InChI=1S/C18H12Cl2N4O3/c19-13-2-4-16(15(20)7-13)23-10-12(9-21-23)18(25)22-6-5-11-1-3-14(24(26)27)8-17(11)22/h1-4,7-10H,5-6H2. The smallest absolute Gasteiger partial charge is 0.271 e. The van der Waals surface area contributed by atoms with Crippen LogP contribution in [-0.4, -0.2) is 27.2 Å². The minimum absolute atomic E-state index is 0.0444. The van der Waals surface area contributed by atoms with Crippen LogP contribution in [0.5, 0.6) is 0 Å². The number of nitro groups is 1. The normalized spacial score (nSPS) is 12.9. The number of hydrogen-bond donors (Lipinski definition) is 0. The third-order valence-corrected chi connectivity index (χ3v) is 4.94. The zero-order valence-corrected chi connectivity index (χ0v) is 15.3. The monoisotopic (exact) mass is 402 g/mol. The van der Waals surface area contributed by atoms with Crippen molar-refractivity contribution in [2.75, 3.05) is 11.4 Å². The van der Waals surface area contributed by atoms with Gasteiger partial charge in [-0.05, 0) is 30.2 Å². The van der Waals surface area contributed by atoms with Crippen molar-refractivity contribution in [1.29, 1.82) is 0 Å². The number of rotatable bonds is 3. The maximum Gasteiger partial charge on any atom is 0.271 e. The van der Waals surface area contributed by atoms with E-state index >= 15 is 0 Å². The maximum atomic E-state index is 12.9. The Balaban J connectivity index is 1.65. The summed E-state index contributed by atoms with van der Waals surface area (Å²) in [5.41, 5.74) is 2.38.